The Kier molecular flexibility index (Phi) is 5.97. The lowest BCUT2D eigenvalue weighted by molar-refractivity contribution is -0.138. The van der Waals surface area contributed by atoms with Crippen LogP contribution in [0, 0.1) is 6.92 Å². The van der Waals surface area contributed by atoms with Crippen molar-refractivity contribution in [2.45, 2.75) is 26.1 Å². The first-order valence-electron chi connectivity index (χ1n) is 8.94. The fraction of sp³-hybridized carbons (Fsp3) is 0.250. The Morgan fingerprint density at radius 2 is 2.10 bits per heavy atom. The molecule has 0 aliphatic carbocycles. The van der Waals surface area contributed by atoms with Crippen LogP contribution in [0.25, 0.3) is 0 Å². The summed E-state index contributed by atoms with van der Waals surface area (Å²) in [5.41, 5.74) is -0.453. The third-order valence-electron chi connectivity index (χ3n) is 4.60. The molecule has 2 N–H and O–H groups in total. The number of hydrogen-bond donors (Lipinski definition) is 2. The molecular formula is C20H19F3N4O2S. The van der Waals surface area contributed by atoms with E-state index >= 15 is 0 Å². The van der Waals surface area contributed by atoms with Crippen molar-refractivity contribution < 1.29 is 22.5 Å². The predicted molar refractivity (Wildman–Crippen MR) is 109 cm³/mol. The van der Waals surface area contributed by atoms with E-state index in [9.17, 15) is 18.0 Å². The molecule has 1 aromatic carbocycles. The topological polar surface area (TPSA) is 70.4 Å². The second-order valence-corrected chi connectivity index (χ2v) is 7.03. The van der Waals surface area contributed by atoms with Crippen molar-refractivity contribution in [3.05, 3.63) is 71.1 Å². The van der Waals surface area contributed by atoms with E-state index in [4.69, 9.17) is 16.7 Å². The average Bonchev–Trinajstić information content (AvgIpc) is 3.08. The maximum Gasteiger partial charge on any atom is 0.416 e. The third kappa shape index (κ3) is 4.23. The van der Waals surface area contributed by atoms with Crippen LogP contribution in [-0.2, 0) is 11.0 Å². The van der Waals surface area contributed by atoms with Gasteiger partial charge in [-0.1, -0.05) is 29.4 Å². The standard InChI is InChI=1S/C20H19F3N4O2S/c1-4-9-27-12(3)16(18(28)24-15-10-11(2)29-26-15)17(25-19(27)30)13-7-5-6-8-14(13)20(21,22)23/h4-8,10,17H,1,9H2,2-3H3,(H,25,30)(H,24,26,28)/t17-/m0/s1. The maximum atomic E-state index is 13.6. The van der Waals surface area contributed by atoms with Gasteiger partial charge in [0.2, 0.25) is 0 Å². The summed E-state index contributed by atoms with van der Waals surface area (Å²) in [6.07, 6.45) is -3.02. The number of anilines is 1. The summed E-state index contributed by atoms with van der Waals surface area (Å²) in [5, 5.41) is 9.37. The molecule has 0 saturated heterocycles. The van der Waals surface area contributed by atoms with Crippen molar-refractivity contribution in [2.75, 3.05) is 11.9 Å². The Bertz CT molecular complexity index is 1030. The van der Waals surface area contributed by atoms with Gasteiger partial charge in [-0.2, -0.15) is 13.2 Å². The van der Waals surface area contributed by atoms with Crippen LogP contribution >= 0.6 is 12.2 Å². The summed E-state index contributed by atoms with van der Waals surface area (Å²) in [6.45, 7) is 7.23. The van der Waals surface area contributed by atoms with E-state index in [1.807, 2.05) is 0 Å². The van der Waals surface area contributed by atoms with E-state index in [2.05, 4.69) is 22.4 Å². The number of amides is 1. The highest BCUT2D eigenvalue weighted by atomic mass is 32.1. The van der Waals surface area contributed by atoms with Gasteiger partial charge in [0, 0.05) is 18.3 Å². The number of rotatable bonds is 5. The summed E-state index contributed by atoms with van der Waals surface area (Å²) in [5.74, 6) is 0.0158. The van der Waals surface area contributed by atoms with Gasteiger partial charge in [-0.05, 0) is 37.7 Å². The molecule has 10 heteroatoms. The molecule has 1 aliphatic rings. The second kappa shape index (κ2) is 8.31. The number of benzene rings is 1. The Balaban J connectivity index is 2.12. The number of carbonyl (C=O) groups is 1. The summed E-state index contributed by atoms with van der Waals surface area (Å²) in [6, 6.07) is 5.48. The van der Waals surface area contributed by atoms with Gasteiger partial charge in [-0.25, -0.2) is 0 Å². The highest BCUT2D eigenvalue weighted by Crippen LogP contribution is 2.39. The molecule has 1 aliphatic heterocycles. The molecule has 2 aromatic rings. The molecule has 0 spiro atoms. The molecule has 0 radical (unpaired) electrons. The summed E-state index contributed by atoms with van der Waals surface area (Å²) < 4.78 is 45.9. The molecule has 1 amide bonds. The molecule has 0 bridgehead atoms. The highest BCUT2D eigenvalue weighted by Gasteiger charge is 2.40. The lowest BCUT2D eigenvalue weighted by Crippen LogP contribution is -2.48. The van der Waals surface area contributed by atoms with E-state index in [1.54, 1.807) is 24.8 Å². The molecule has 158 valence electrons. The van der Waals surface area contributed by atoms with Gasteiger partial charge >= 0.3 is 6.18 Å². The zero-order valence-corrected chi connectivity index (χ0v) is 17.0. The van der Waals surface area contributed by atoms with Crippen molar-refractivity contribution in [2.24, 2.45) is 0 Å². The molecule has 0 saturated carbocycles. The van der Waals surface area contributed by atoms with Crippen LogP contribution in [0.1, 0.15) is 29.9 Å². The van der Waals surface area contributed by atoms with E-state index in [1.165, 1.54) is 24.3 Å². The highest BCUT2D eigenvalue weighted by molar-refractivity contribution is 7.80. The molecule has 0 fully saturated rings. The third-order valence-corrected chi connectivity index (χ3v) is 4.94. The van der Waals surface area contributed by atoms with Crippen molar-refractivity contribution in [1.29, 1.82) is 0 Å². The van der Waals surface area contributed by atoms with Crippen LogP contribution in [0.4, 0.5) is 19.0 Å². The minimum Gasteiger partial charge on any atom is -0.360 e. The van der Waals surface area contributed by atoms with Gasteiger partial charge in [0.15, 0.2) is 10.9 Å². The summed E-state index contributed by atoms with van der Waals surface area (Å²) >= 11 is 5.35. The number of allylic oxidation sites excluding steroid dienone is 1. The number of nitrogens with one attached hydrogen (secondary N) is 2. The summed E-state index contributed by atoms with van der Waals surface area (Å²) in [4.78, 5) is 14.7. The molecule has 1 atom stereocenters. The molecule has 30 heavy (non-hydrogen) atoms. The van der Waals surface area contributed by atoms with Gasteiger partial charge in [0.05, 0.1) is 17.2 Å². The number of hydrogen-bond acceptors (Lipinski definition) is 4. The number of nitrogens with zero attached hydrogens (tertiary/aromatic N) is 2. The van der Waals surface area contributed by atoms with Crippen LogP contribution in [0.2, 0.25) is 0 Å². The molecule has 3 rings (SSSR count). The van der Waals surface area contributed by atoms with Gasteiger partial charge in [-0.15, -0.1) is 6.58 Å². The van der Waals surface area contributed by atoms with Gasteiger partial charge < -0.3 is 20.1 Å². The van der Waals surface area contributed by atoms with Crippen molar-refractivity contribution in [3.63, 3.8) is 0 Å². The monoisotopic (exact) mass is 436 g/mol. The smallest absolute Gasteiger partial charge is 0.360 e. The van der Waals surface area contributed by atoms with Crippen LogP contribution < -0.4 is 10.6 Å². The second-order valence-electron chi connectivity index (χ2n) is 6.64. The Morgan fingerprint density at radius 3 is 2.70 bits per heavy atom. The number of alkyl halides is 3. The first kappa shape index (κ1) is 21.6. The van der Waals surface area contributed by atoms with Crippen LogP contribution in [0.3, 0.4) is 0 Å². The minimum absolute atomic E-state index is 0.0859. The maximum absolute atomic E-state index is 13.6. The number of thiocarbonyl (C=S) groups is 1. The summed E-state index contributed by atoms with van der Waals surface area (Å²) in [7, 11) is 0. The lowest BCUT2D eigenvalue weighted by Gasteiger charge is -2.38. The van der Waals surface area contributed by atoms with Gasteiger partial charge in [-0.3, -0.25) is 4.79 Å². The zero-order valence-electron chi connectivity index (χ0n) is 16.2. The Labute approximate surface area is 176 Å². The molecule has 0 unspecified atom stereocenters. The predicted octanol–water partition coefficient (Wildman–Crippen LogP) is 4.33. The van der Waals surface area contributed by atoms with Gasteiger partial charge in [0.25, 0.3) is 5.91 Å². The largest absolute Gasteiger partial charge is 0.416 e. The number of carbonyl (C=O) groups excluding carboxylic acids is 1. The minimum atomic E-state index is -4.60. The first-order valence-corrected chi connectivity index (χ1v) is 9.34. The van der Waals surface area contributed by atoms with Crippen LogP contribution in [0.15, 0.2) is 58.8 Å². The fourth-order valence-electron chi connectivity index (χ4n) is 3.27. The molecule has 6 nitrogen and oxygen atoms in total. The fourth-order valence-corrected chi connectivity index (χ4v) is 3.60. The first-order chi connectivity index (χ1) is 14.1. The van der Waals surface area contributed by atoms with Gasteiger partial charge in [0.1, 0.15) is 5.76 Å². The molecule has 2 heterocycles. The van der Waals surface area contributed by atoms with Crippen molar-refractivity contribution in [3.8, 4) is 0 Å². The van der Waals surface area contributed by atoms with Crippen molar-refractivity contribution >= 4 is 29.1 Å². The van der Waals surface area contributed by atoms with Crippen LogP contribution in [-0.4, -0.2) is 27.6 Å². The number of aromatic nitrogens is 1. The van der Waals surface area contributed by atoms with E-state index in [-0.39, 0.29) is 28.6 Å². The normalized spacial score (nSPS) is 17.0. The van der Waals surface area contributed by atoms with Crippen molar-refractivity contribution in [1.82, 2.24) is 15.4 Å². The molecular weight excluding hydrogens is 417 g/mol. The van der Waals surface area contributed by atoms with E-state index in [0.29, 0.717) is 11.5 Å². The zero-order chi connectivity index (χ0) is 22.1. The Hall–Kier alpha value is -3.14. The molecule has 1 aromatic heterocycles. The Morgan fingerprint density at radius 1 is 1.40 bits per heavy atom. The van der Waals surface area contributed by atoms with E-state index in [0.717, 1.165) is 6.07 Å². The quantitative estimate of drug-likeness (QED) is 0.537. The lowest BCUT2D eigenvalue weighted by atomic mass is 9.90. The van der Waals surface area contributed by atoms with E-state index < -0.39 is 23.7 Å². The number of aryl methyl sites for hydroxylation is 1. The average molecular weight is 436 g/mol. The number of halogens is 3. The van der Waals surface area contributed by atoms with Crippen LogP contribution in [0.5, 0.6) is 0 Å². The SMILES string of the molecule is C=CCN1C(=S)N[C@@H](c2ccccc2C(F)(F)F)C(C(=O)Nc2cc(C)on2)=C1C.